The van der Waals surface area contributed by atoms with Gasteiger partial charge in [-0.25, -0.2) is 0 Å². The van der Waals surface area contributed by atoms with Crippen LogP contribution in [-0.2, 0) is 0 Å². The summed E-state index contributed by atoms with van der Waals surface area (Å²) in [5, 5.41) is 82.4. The SMILES string of the molecule is O=C1c2c(O)cc(O)c([C@H]3C[C@H](c4ccc(O)c(O)c4)Oc4cc(O)ccc43)c2O[C@@H](c2ccc(O)c(O)c2)[C@H]1O. The summed E-state index contributed by atoms with van der Waals surface area (Å²) in [6.45, 7) is 0. The summed E-state index contributed by atoms with van der Waals surface area (Å²) >= 11 is 0. The van der Waals surface area contributed by atoms with E-state index in [2.05, 4.69) is 0 Å². The van der Waals surface area contributed by atoms with Crippen LogP contribution in [0, 0.1) is 0 Å². The normalized spacial score (nSPS) is 21.3. The van der Waals surface area contributed by atoms with Gasteiger partial charge in [-0.1, -0.05) is 18.2 Å². The first-order chi connectivity index (χ1) is 19.5. The van der Waals surface area contributed by atoms with Gasteiger partial charge in [-0.05, 0) is 47.9 Å². The molecular formula is C30H24O11. The van der Waals surface area contributed by atoms with Crippen molar-refractivity contribution in [2.75, 3.05) is 0 Å². The molecule has 0 aliphatic carbocycles. The molecule has 0 saturated heterocycles. The first kappa shape index (κ1) is 26.0. The zero-order chi connectivity index (χ0) is 29.2. The van der Waals surface area contributed by atoms with Gasteiger partial charge in [-0.3, -0.25) is 4.79 Å². The van der Waals surface area contributed by atoms with Crippen molar-refractivity contribution >= 4 is 5.78 Å². The van der Waals surface area contributed by atoms with E-state index in [4.69, 9.17) is 9.47 Å². The van der Waals surface area contributed by atoms with Crippen LogP contribution in [0.4, 0.5) is 0 Å². The van der Waals surface area contributed by atoms with Crippen LogP contribution >= 0.6 is 0 Å². The van der Waals surface area contributed by atoms with E-state index in [-0.39, 0.29) is 51.9 Å². The van der Waals surface area contributed by atoms with Gasteiger partial charge in [-0.15, -0.1) is 0 Å². The molecule has 2 heterocycles. The number of phenols is 7. The summed E-state index contributed by atoms with van der Waals surface area (Å²) in [6.07, 6.45) is -3.80. The van der Waals surface area contributed by atoms with E-state index >= 15 is 0 Å². The molecule has 2 aliphatic heterocycles. The fraction of sp³-hybridized carbons (Fsp3) is 0.167. The van der Waals surface area contributed by atoms with E-state index in [1.54, 1.807) is 12.1 Å². The molecule has 11 nitrogen and oxygen atoms in total. The number of phenolic OH excluding ortho intramolecular Hbond substituents is 7. The second-order valence-corrected chi connectivity index (χ2v) is 9.99. The predicted octanol–water partition coefficient (Wildman–Crippen LogP) is 3.96. The van der Waals surface area contributed by atoms with E-state index in [0.29, 0.717) is 11.1 Å². The van der Waals surface area contributed by atoms with Crippen LogP contribution in [0.2, 0.25) is 0 Å². The minimum absolute atomic E-state index is 0.0919. The number of aliphatic hydroxyl groups excluding tert-OH is 1. The molecule has 0 unspecified atom stereocenters. The standard InChI is InChI=1S/C30H24O11/c31-14-3-4-15-16(10-23(40-24(15)9-14)12-1-5-17(32)19(34)7-12)25-21(36)11-22(37)26-27(38)28(39)29(41-30(25)26)13-2-6-18(33)20(35)8-13/h1-9,11,16,23,28-29,31-37,39H,10H2/t16-,23+,28-,29-/m0/s1. The minimum Gasteiger partial charge on any atom is -0.508 e. The van der Waals surface area contributed by atoms with Crippen molar-refractivity contribution in [1.29, 1.82) is 0 Å². The lowest BCUT2D eigenvalue weighted by molar-refractivity contribution is 0.0202. The monoisotopic (exact) mass is 560 g/mol. The number of benzene rings is 4. The molecule has 4 atom stereocenters. The highest BCUT2D eigenvalue weighted by Crippen LogP contribution is 2.55. The van der Waals surface area contributed by atoms with Gasteiger partial charge >= 0.3 is 0 Å². The van der Waals surface area contributed by atoms with E-state index in [1.165, 1.54) is 36.4 Å². The van der Waals surface area contributed by atoms with E-state index in [1.807, 2.05) is 0 Å². The number of carbonyl (C=O) groups is 1. The Balaban J connectivity index is 1.52. The number of ether oxygens (including phenoxy) is 2. The number of Topliss-reactive ketones (excluding diaryl/α,β-unsaturated/α-hetero) is 1. The summed E-state index contributed by atoms with van der Waals surface area (Å²) in [5.74, 6) is -4.38. The maximum Gasteiger partial charge on any atom is 0.202 e. The highest BCUT2D eigenvalue weighted by molar-refractivity contribution is 6.06. The molecule has 11 heteroatoms. The van der Waals surface area contributed by atoms with Crippen LogP contribution in [0.1, 0.15) is 57.2 Å². The van der Waals surface area contributed by atoms with Crippen LogP contribution in [0.25, 0.3) is 0 Å². The topological polar surface area (TPSA) is 197 Å². The minimum atomic E-state index is -1.79. The van der Waals surface area contributed by atoms with Gasteiger partial charge in [0.2, 0.25) is 5.78 Å². The van der Waals surface area contributed by atoms with Crippen LogP contribution in [-0.4, -0.2) is 52.7 Å². The number of carbonyl (C=O) groups excluding carboxylic acids is 1. The van der Waals surface area contributed by atoms with Crippen molar-refractivity contribution in [3.05, 3.63) is 88.5 Å². The van der Waals surface area contributed by atoms with Crippen LogP contribution in [0.5, 0.6) is 51.7 Å². The molecule has 4 aromatic carbocycles. The second kappa shape index (κ2) is 9.42. The molecule has 41 heavy (non-hydrogen) atoms. The summed E-state index contributed by atoms with van der Waals surface area (Å²) < 4.78 is 12.2. The smallest absolute Gasteiger partial charge is 0.202 e. The fourth-order valence-electron chi connectivity index (χ4n) is 5.46. The van der Waals surface area contributed by atoms with Crippen molar-refractivity contribution in [3.8, 4) is 51.7 Å². The Morgan fingerprint density at radius 3 is 2.00 bits per heavy atom. The Morgan fingerprint density at radius 2 is 1.32 bits per heavy atom. The van der Waals surface area contributed by atoms with Crippen molar-refractivity contribution in [2.24, 2.45) is 0 Å². The van der Waals surface area contributed by atoms with Gasteiger partial charge in [0.15, 0.2) is 35.2 Å². The fourth-order valence-corrected chi connectivity index (χ4v) is 5.46. The zero-order valence-electron chi connectivity index (χ0n) is 21.1. The molecule has 6 rings (SSSR count). The molecule has 210 valence electrons. The lowest BCUT2D eigenvalue weighted by atomic mass is 9.79. The Hall–Kier alpha value is -5.29. The quantitative estimate of drug-likeness (QED) is 0.169. The molecule has 4 aromatic rings. The average Bonchev–Trinajstić information content (AvgIpc) is 2.93. The number of fused-ring (bicyclic) bond motifs is 2. The lowest BCUT2D eigenvalue weighted by Gasteiger charge is -2.37. The highest BCUT2D eigenvalue weighted by atomic mass is 16.5. The van der Waals surface area contributed by atoms with Crippen molar-refractivity contribution in [2.45, 2.75) is 30.7 Å². The summed E-state index contributed by atoms with van der Waals surface area (Å²) in [5.41, 5.74) is 0.863. The molecule has 0 saturated carbocycles. The number of ketones is 1. The van der Waals surface area contributed by atoms with Crippen molar-refractivity contribution < 1.29 is 55.1 Å². The van der Waals surface area contributed by atoms with Gasteiger partial charge in [0.1, 0.15) is 40.4 Å². The van der Waals surface area contributed by atoms with Crippen LogP contribution in [0.15, 0.2) is 60.7 Å². The van der Waals surface area contributed by atoms with E-state index in [0.717, 1.165) is 12.1 Å². The summed E-state index contributed by atoms with van der Waals surface area (Å²) in [4.78, 5) is 13.4. The number of rotatable bonds is 3. The third-order valence-corrected chi connectivity index (χ3v) is 7.46. The molecule has 0 bridgehead atoms. The second-order valence-electron chi connectivity index (χ2n) is 9.99. The highest BCUT2D eigenvalue weighted by Gasteiger charge is 2.44. The Kier molecular flexibility index (Phi) is 5.96. The molecule has 0 spiro atoms. The maximum atomic E-state index is 13.4. The third-order valence-electron chi connectivity index (χ3n) is 7.46. The first-order valence-corrected chi connectivity index (χ1v) is 12.5. The van der Waals surface area contributed by atoms with Gasteiger partial charge in [0.05, 0.1) is 0 Å². The van der Waals surface area contributed by atoms with Gasteiger partial charge in [-0.2, -0.15) is 0 Å². The van der Waals surface area contributed by atoms with Crippen molar-refractivity contribution in [1.82, 2.24) is 0 Å². The first-order valence-electron chi connectivity index (χ1n) is 12.5. The number of aromatic hydroxyl groups is 7. The molecule has 2 aliphatic rings. The molecular weight excluding hydrogens is 536 g/mol. The van der Waals surface area contributed by atoms with Gasteiger partial charge in [0.25, 0.3) is 0 Å². The molecule has 0 radical (unpaired) electrons. The molecule has 8 N–H and O–H groups in total. The van der Waals surface area contributed by atoms with E-state index in [9.17, 15) is 45.6 Å². The van der Waals surface area contributed by atoms with Crippen LogP contribution in [0.3, 0.4) is 0 Å². The summed E-state index contributed by atoms with van der Waals surface area (Å²) in [7, 11) is 0. The van der Waals surface area contributed by atoms with E-state index < -0.39 is 53.0 Å². The van der Waals surface area contributed by atoms with Gasteiger partial charge < -0.3 is 50.3 Å². The molecule has 0 fully saturated rings. The molecule has 0 amide bonds. The Labute approximate surface area is 232 Å². The number of aliphatic hydroxyl groups is 1. The van der Waals surface area contributed by atoms with Crippen molar-refractivity contribution in [3.63, 3.8) is 0 Å². The number of hydrogen-bond acceptors (Lipinski definition) is 11. The lowest BCUT2D eigenvalue weighted by Crippen LogP contribution is -2.37. The number of hydrogen-bond donors (Lipinski definition) is 8. The average molecular weight is 561 g/mol. The Bertz CT molecular complexity index is 1710. The zero-order valence-corrected chi connectivity index (χ0v) is 21.1. The predicted molar refractivity (Wildman–Crippen MR) is 141 cm³/mol. The van der Waals surface area contributed by atoms with Gasteiger partial charge in [0, 0.05) is 29.2 Å². The van der Waals surface area contributed by atoms with Crippen LogP contribution < -0.4 is 9.47 Å². The molecule has 0 aromatic heterocycles. The maximum absolute atomic E-state index is 13.4. The Morgan fingerprint density at radius 1 is 0.659 bits per heavy atom. The summed E-state index contributed by atoms with van der Waals surface area (Å²) in [6, 6.07) is 13.1. The third kappa shape index (κ3) is 4.23. The largest absolute Gasteiger partial charge is 0.508 e.